The van der Waals surface area contributed by atoms with Crippen molar-refractivity contribution in [2.24, 2.45) is 0 Å². The van der Waals surface area contributed by atoms with Crippen LogP contribution < -0.4 is 5.32 Å². The van der Waals surface area contributed by atoms with Crippen LogP contribution in [-0.2, 0) is 9.53 Å². The molecular formula is C12H15NO2. The van der Waals surface area contributed by atoms with Crippen molar-refractivity contribution in [3.63, 3.8) is 0 Å². The van der Waals surface area contributed by atoms with Gasteiger partial charge in [0.05, 0.1) is 7.11 Å². The molecule has 0 radical (unpaired) electrons. The van der Waals surface area contributed by atoms with Crippen LogP contribution in [0.5, 0.6) is 0 Å². The smallest absolute Gasteiger partial charge is 0.322 e. The average Bonchev–Trinajstić information content (AvgIpc) is 2.15. The monoisotopic (exact) mass is 205 g/mol. The van der Waals surface area contributed by atoms with Crippen LogP contribution in [0, 0.1) is 6.92 Å². The number of nitrogens with one attached hydrogen (secondary N) is 1. The summed E-state index contributed by atoms with van der Waals surface area (Å²) in [6.07, 6.45) is 0.829. The highest BCUT2D eigenvalue weighted by molar-refractivity contribution is 5.77. The standard InChI is InChI=1S/C12H15NO2/c1-8-4-3-5-9(6-8)10-7-11(13-10)12(14)15-2/h3-6,10-11,13H,7H2,1-2H3. The van der Waals surface area contributed by atoms with E-state index in [0.29, 0.717) is 6.04 Å². The van der Waals surface area contributed by atoms with Crippen molar-refractivity contribution in [2.45, 2.75) is 25.4 Å². The van der Waals surface area contributed by atoms with E-state index in [0.717, 1.165) is 6.42 Å². The number of rotatable bonds is 2. The van der Waals surface area contributed by atoms with E-state index in [2.05, 4.69) is 35.2 Å². The molecule has 1 aromatic carbocycles. The van der Waals surface area contributed by atoms with Gasteiger partial charge in [-0.05, 0) is 18.9 Å². The van der Waals surface area contributed by atoms with Crippen LogP contribution in [0.15, 0.2) is 24.3 Å². The summed E-state index contributed by atoms with van der Waals surface area (Å²) in [5.74, 6) is -0.168. The zero-order valence-corrected chi connectivity index (χ0v) is 8.99. The molecule has 3 heteroatoms. The molecule has 1 saturated heterocycles. The van der Waals surface area contributed by atoms with Crippen molar-refractivity contribution in [3.8, 4) is 0 Å². The van der Waals surface area contributed by atoms with Crippen LogP contribution in [-0.4, -0.2) is 19.1 Å². The third-order valence-corrected chi connectivity index (χ3v) is 2.80. The molecule has 2 unspecified atom stereocenters. The molecule has 1 aliphatic rings. The van der Waals surface area contributed by atoms with Gasteiger partial charge >= 0.3 is 5.97 Å². The molecular weight excluding hydrogens is 190 g/mol. The lowest BCUT2D eigenvalue weighted by molar-refractivity contribution is -0.146. The van der Waals surface area contributed by atoms with Crippen molar-refractivity contribution in [3.05, 3.63) is 35.4 Å². The minimum atomic E-state index is -0.168. The van der Waals surface area contributed by atoms with Crippen molar-refractivity contribution in [2.75, 3.05) is 7.11 Å². The van der Waals surface area contributed by atoms with E-state index >= 15 is 0 Å². The summed E-state index contributed by atoms with van der Waals surface area (Å²) in [7, 11) is 1.42. The van der Waals surface area contributed by atoms with Gasteiger partial charge in [-0.2, -0.15) is 0 Å². The Morgan fingerprint density at radius 2 is 2.27 bits per heavy atom. The number of aryl methyl sites for hydroxylation is 1. The fourth-order valence-corrected chi connectivity index (χ4v) is 1.88. The van der Waals surface area contributed by atoms with Gasteiger partial charge in [0.1, 0.15) is 6.04 Å². The molecule has 1 N–H and O–H groups in total. The predicted molar refractivity (Wildman–Crippen MR) is 57.5 cm³/mol. The highest BCUT2D eigenvalue weighted by Crippen LogP contribution is 2.28. The highest BCUT2D eigenvalue weighted by atomic mass is 16.5. The number of hydrogen-bond donors (Lipinski definition) is 1. The first-order valence-electron chi connectivity index (χ1n) is 5.11. The second kappa shape index (κ2) is 4.03. The first kappa shape index (κ1) is 10.2. The third-order valence-electron chi connectivity index (χ3n) is 2.80. The maximum Gasteiger partial charge on any atom is 0.322 e. The van der Waals surface area contributed by atoms with Gasteiger partial charge < -0.3 is 4.74 Å². The van der Waals surface area contributed by atoms with Gasteiger partial charge in [-0.25, -0.2) is 0 Å². The molecule has 1 aliphatic heterocycles. The first-order chi connectivity index (χ1) is 7.20. The molecule has 15 heavy (non-hydrogen) atoms. The molecule has 80 valence electrons. The Morgan fingerprint density at radius 1 is 1.53 bits per heavy atom. The van der Waals surface area contributed by atoms with Gasteiger partial charge in [-0.3, -0.25) is 10.1 Å². The van der Waals surface area contributed by atoms with E-state index in [9.17, 15) is 4.79 Å². The maximum absolute atomic E-state index is 11.2. The second-order valence-electron chi connectivity index (χ2n) is 3.94. The van der Waals surface area contributed by atoms with E-state index in [4.69, 9.17) is 0 Å². The van der Waals surface area contributed by atoms with E-state index in [1.165, 1.54) is 18.2 Å². The second-order valence-corrected chi connectivity index (χ2v) is 3.94. The molecule has 2 rings (SSSR count). The Morgan fingerprint density at radius 3 is 2.87 bits per heavy atom. The lowest BCUT2D eigenvalue weighted by Crippen LogP contribution is -2.51. The summed E-state index contributed by atoms with van der Waals surface area (Å²) in [5, 5.41) is 3.20. The molecule has 0 bridgehead atoms. The number of benzene rings is 1. The fraction of sp³-hybridized carbons (Fsp3) is 0.417. The van der Waals surface area contributed by atoms with Crippen LogP contribution in [0.4, 0.5) is 0 Å². The van der Waals surface area contributed by atoms with Crippen molar-refractivity contribution in [1.82, 2.24) is 5.32 Å². The number of carbonyl (C=O) groups excluding carboxylic acids is 1. The van der Waals surface area contributed by atoms with E-state index in [1.807, 2.05) is 6.07 Å². The van der Waals surface area contributed by atoms with Crippen molar-refractivity contribution >= 4 is 5.97 Å². The van der Waals surface area contributed by atoms with E-state index in [1.54, 1.807) is 0 Å². The quantitative estimate of drug-likeness (QED) is 0.745. The number of ether oxygens (including phenoxy) is 1. The summed E-state index contributed by atoms with van der Waals surface area (Å²) in [6, 6.07) is 8.51. The Bertz CT molecular complexity index is 370. The molecule has 1 aromatic rings. The molecule has 0 spiro atoms. The zero-order valence-electron chi connectivity index (χ0n) is 8.99. The number of carbonyl (C=O) groups is 1. The van der Waals surface area contributed by atoms with Gasteiger partial charge in [-0.1, -0.05) is 29.8 Å². The minimum absolute atomic E-state index is 0.125. The Balaban J connectivity index is 1.97. The van der Waals surface area contributed by atoms with Crippen LogP contribution in [0.1, 0.15) is 23.6 Å². The lowest BCUT2D eigenvalue weighted by atomic mass is 9.90. The highest BCUT2D eigenvalue weighted by Gasteiger charge is 2.35. The fourth-order valence-electron chi connectivity index (χ4n) is 1.88. The van der Waals surface area contributed by atoms with Crippen LogP contribution in [0.3, 0.4) is 0 Å². The summed E-state index contributed by atoms with van der Waals surface area (Å²) in [5.41, 5.74) is 2.49. The van der Waals surface area contributed by atoms with Gasteiger partial charge in [0, 0.05) is 6.04 Å². The number of methoxy groups -OCH3 is 1. The molecule has 0 saturated carbocycles. The normalized spacial score (nSPS) is 24.4. The van der Waals surface area contributed by atoms with Crippen molar-refractivity contribution in [1.29, 1.82) is 0 Å². The Kier molecular flexibility index (Phi) is 2.73. The molecule has 0 aliphatic carbocycles. The van der Waals surface area contributed by atoms with Gasteiger partial charge in [0.15, 0.2) is 0 Å². The first-order valence-corrected chi connectivity index (χ1v) is 5.11. The van der Waals surface area contributed by atoms with Gasteiger partial charge in [0.25, 0.3) is 0 Å². The average molecular weight is 205 g/mol. The van der Waals surface area contributed by atoms with Crippen LogP contribution in [0.2, 0.25) is 0 Å². The molecule has 1 fully saturated rings. The molecule has 1 heterocycles. The number of esters is 1. The maximum atomic E-state index is 11.2. The van der Waals surface area contributed by atoms with Gasteiger partial charge in [-0.15, -0.1) is 0 Å². The molecule has 0 aromatic heterocycles. The molecule has 0 amide bonds. The SMILES string of the molecule is COC(=O)C1CC(c2cccc(C)c2)N1. The predicted octanol–water partition coefficient (Wildman–Crippen LogP) is 1.57. The summed E-state index contributed by atoms with van der Waals surface area (Å²) in [4.78, 5) is 11.2. The van der Waals surface area contributed by atoms with E-state index < -0.39 is 0 Å². The largest absolute Gasteiger partial charge is 0.468 e. The summed E-state index contributed by atoms with van der Waals surface area (Å²) < 4.78 is 4.66. The lowest BCUT2D eigenvalue weighted by Gasteiger charge is -2.35. The van der Waals surface area contributed by atoms with Crippen molar-refractivity contribution < 1.29 is 9.53 Å². The summed E-state index contributed by atoms with van der Waals surface area (Å²) >= 11 is 0. The summed E-state index contributed by atoms with van der Waals surface area (Å²) in [6.45, 7) is 2.07. The Labute approximate surface area is 89.4 Å². The minimum Gasteiger partial charge on any atom is -0.468 e. The topological polar surface area (TPSA) is 38.3 Å². The molecule has 2 atom stereocenters. The van der Waals surface area contributed by atoms with Gasteiger partial charge in [0.2, 0.25) is 0 Å². The third kappa shape index (κ3) is 2.02. The van der Waals surface area contributed by atoms with E-state index in [-0.39, 0.29) is 12.0 Å². The van der Waals surface area contributed by atoms with Crippen LogP contribution >= 0.6 is 0 Å². The number of hydrogen-bond acceptors (Lipinski definition) is 3. The van der Waals surface area contributed by atoms with Crippen LogP contribution in [0.25, 0.3) is 0 Å². The molecule has 3 nitrogen and oxygen atoms in total. The zero-order chi connectivity index (χ0) is 10.8. The Hall–Kier alpha value is -1.35.